The topological polar surface area (TPSA) is 72.5 Å². The number of benzene rings is 1. The molecule has 3 N–H and O–H groups in total. The molecule has 0 bridgehead atoms. The molecule has 0 saturated heterocycles. The first-order chi connectivity index (χ1) is 7.45. The van der Waals surface area contributed by atoms with Crippen molar-refractivity contribution >= 4 is 5.97 Å². The van der Waals surface area contributed by atoms with Crippen molar-refractivity contribution in [3.63, 3.8) is 0 Å². The SMILES string of the molecule is COc1c(C)cc(C)cc1C[C@H](N)C(=O)O. The zero-order valence-corrected chi connectivity index (χ0v) is 9.78. The number of nitrogens with two attached hydrogens (primary N) is 1. The summed E-state index contributed by atoms with van der Waals surface area (Å²) in [5, 5.41) is 8.78. The van der Waals surface area contributed by atoms with Gasteiger partial charge < -0.3 is 15.6 Å². The van der Waals surface area contributed by atoms with E-state index in [0.717, 1.165) is 22.4 Å². The Bertz CT molecular complexity index is 401. The van der Waals surface area contributed by atoms with Crippen LogP contribution < -0.4 is 10.5 Å². The number of aryl methyl sites for hydroxylation is 2. The van der Waals surface area contributed by atoms with E-state index in [9.17, 15) is 4.79 Å². The van der Waals surface area contributed by atoms with Gasteiger partial charge in [0.05, 0.1) is 7.11 Å². The van der Waals surface area contributed by atoms with E-state index in [1.807, 2.05) is 26.0 Å². The van der Waals surface area contributed by atoms with Gasteiger partial charge in [0.2, 0.25) is 0 Å². The Labute approximate surface area is 95.0 Å². The number of hydrogen-bond acceptors (Lipinski definition) is 3. The van der Waals surface area contributed by atoms with Gasteiger partial charge in [0, 0.05) is 6.42 Å². The molecule has 0 aliphatic rings. The predicted octanol–water partition coefficient (Wildman–Crippen LogP) is 1.27. The van der Waals surface area contributed by atoms with Crippen LogP contribution in [-0.4, -0.2) is 24.2 Å². The van der Waals surface area contributed by atoms with E-state index in [1.165, 1.54) is 0 Å². The van der Waals surface area contributed by atoms with Crippen molar-refractivity contribution in [2.45, 2.75) is 26.3 Å². The molecule has 4 nitrogen and oxygen atoms in total. The van der Waals surface area contributed by atoms with Crippen LogP contribution in [-0.2, 0) is 11.2 Å². The standard InChI is InChI=1S/C12H17NO3/c1-7-4-8(2)11(16-3)9(5-7)6-10(13)12(14)15/h4-5,10H,6,13H2,1-3H3,(H,14,15)/t10-/m0/s1. The normalized spacial score (nSPS) is 12.2. The van der Waals surface area contributed by atoms with Crippen molar-refractivity contribution in [2.24, 2.45) is 5.73 Å². The van der Waals surface area contributed by atoms with Crippen LogP contribution in [0.3, 0.4) is 0 Å². The lowest BCUT2D eigenvalue weighted by Gasteiger charge is -2.14. The van der Waals surface area contributed by atoms with Crippen LogP contribution in [0.5, 0.6) is 5.75 Å². The number of aliphatic carboxylic acids is 1. The first kappa shape index (κ1) is 12.5. The van der Waals surface area contributed by atoms with Gasteiger partial charge in [-0.2, -0.15) is 0 Å². The average molecular weight is 223 g/mol. The van der Waals surface area contributed by atoms with Gasteiger partial charge in [-0.15, -0.1) is 0 Å². The quantitative estimate of drug-likeness (QED) is 0.806. The number of methoxy groups -OCH3 is 1. The Morgan fingerprint density at radius 2 is 2.12 bits per heavy atom. The van der Waals surface area contributed by atoms with Gasteiger partial charge >= 0.3 is 5.97 Å². The number of ether oxygens (including phenoxy) is 1. The highest BCUT2D eigenvalue weighted by molar-refractivity contribution is 5.73. The van der Waals surface area contributed by atoms with E-state index in [-0.39, 0.29) is 6.42 Å². The van der Waals surface area contributed by atoms with E-state index in [0.29, 0.717) is 0 Å². The largest absolute Gasteiger partial charge is 0.496 e. The van der Waals surface area contributed by atoms with Crippen LogP contribution in [0, 0.1) is 13.8 Å². The molecule has 1 rings (SSSR count). The molecule has 0 aliphatic heterocycles. The van der Waals surface area contributed by atoms with E-state index in [2.05, 4.69) is 0 Å². The molecule has 4 heteroatoms. The molecule has 88 valence electrons. The first-order valence-corrected chi connectivity index (χ1v) is 5.08. The van der Waals surface area contributed by atoms with Gasteiger partial charge in [0.1, 0.15) is 11.8 Å². The molecule has 1 atom stereocenters. The molecular weight excluding hydrogens is 206 g/mol. The van der Waals surface area contributed by atoms with Gasteiger partial charge in [-0.05, 0) is 25.0 Å². The Balaban J connectivity index is 3.07. The molecule has 0 unspecified atom stereocenters. The summed E-state index contributed by atoms with van der Waals surface area (Å²) in [5.41, 5.74) is 8.43. The third-order valence-corrected chi connectivity index (χ3v) is 2.46. The van der Waals surface area contributed by atoms with Gasteiger partial charge in [-0.1, -0.05) is 17.7 Å². The second-order valence-electron chi connectivity index (χ2n) is 3.92. The van der Waals surface area contributed by atoms with Crippen LogP contribution in [0.2, 0.25) is 0 Å². The van der Waals surface area contributed by atoms with Gasteiger partial charge in [-0.25, -0.2) is 0 Å². The molecule has 1 aromatic carbocycles. The van der Waals surface area contributed by atoms with Crippen LogP contribution >= 0.6 is 0 Å². The van der Waals surface area contributed by atoms with E-state index in [1.54, 1.807) is 7.11 Å². The number of carboxylic acids is 1. The second-order valence-corrected chi connectivity index (χ2v) is 3.92. The van der Waals surface area contributed by atoms with Crippen LogP contribution in [0.25, 0.3) is 0 Å². The summed E-state index contributed by atoms with van der Waals surface area (Å²) < 4.78 is 5.26. The number of hydrogen-bond donors (Lipinski definition) is 2. The molecule has 0 aliphatic carbocycles. The molecule has 0 saturated carbocycles. The Kier molecular flexibility index (Phi) is 3.90. The number of carbonyl (C=O) groups is 1. The summed E-state index contributed by atoms with van der Waals surface area (Å²) in [6, 6.07) is 3.01. The van der Waals surface area contributed by atoms with E-state index >= 15 is 0 Å². The third-order valence-electron chi connectivity index (χ3n) is 2.46. The second kappa shape index (κ2) is 4.99. The molecule has 1 aromatic rings. The smallest absolute Gasteiger partial charge is 0.320 e. The molecule has 16 heavy (non-hydrogen) atoms. The zero-order valence-electron chi connectivity index (χ0n) is 9.78. The molecule has 0 radical (unpaired) electrons. The Morgan fingerprint density at radius 1 is 1.50 bits per heavy atom. The third kappa shape index (κ3) is 2.73. The maximum absolute atomic E-state index is 10.7. The molecular formula is C12H17NO3. The molecule has 0 heterocycles. The minimum Gasteiger partial charge on any atom is -0.496 e. The maximum atomic E-state index is 10.7. The van der Waals surface area contributed by atoms with Crippen molar-refractivity contribution < 1.29 is 14.6 Å². The fraction of sp³-hybridized carbons (Fsp3) is 0.417. The fourth-order valence-electron chi connectivity index (χ4n) is 1.81. The summed E-state index contributed by atoms with van der Waals surface area (Å²) in [6.45, 7) is 3.89. The fourth-order valence-corrected chi connectivity index (χ4v) is 1.81. The van der Waals surface area contributed by atoms with Gasteiger partial charge in [-0.3, -0.25) is 4.79 Å². The Hall–Kier alpha value is -1.55. The lowest BCUT2D eigenvalue weighted by atomic mass is 10.00. The highest BCUT2D eigenvalue weighted by Crippen LogP contribution is 2.25. The van der Waals surface area contributed by atoms with Crippen LogP contribution in [0.4, 0.5) is 0 Å². The Morgan fingerprint density at radius 3 is 2.62 bits per heavy atom. The first-order valence-electron chi connectivity index (χ1n) is 5.08. The summed E-state index contributed by atoms with van der Waals surface area (Å²) >= 11 is 0. The van der Waals surface area contributed by atoms with Crippen molar-refractivity contribution in [3.05, 3.63) is 28.8 Å². The predicted molar refractivity (Wildman–Crippen MR) is 61.8 cm³/mol. The summed E-state index contributed by atoms with van der Waals surface area (Å²) in [7, 11) is 1.58. The summed E-state index contributed by atoms with van der Waals surface area (Å²) in [6.07, 6.45) is 0.279. The van der Waals surface area contributed by atoms with E-state index in [4.69, 9.17) is 15.6 Å². The van der Waals surface area contributed by atoms with Crippen molar-refractivity contribution in [1.29, 1.82) is 0 Å². The molecule has 0 aromatic heterocycles. The van der Waals surface area contributed by atoms with Crippen molar-refractivity contribution in [2.75, 3.05) is 7.11 Å². The van der Waals surface area contributed by atoms with Crippen molar-refractivity contribution in [3.8, 4) is 5.75 Å². The lowest BCUT2D eigenvalue weighted by molar-refractivity contribution is -0.138. The van der Waals surface area contributed by atoms with Gasteiger partial charge in [0.25, 0.3) is 0 Å². The zero-order chi connectivity index (χ0) is 12.3. The highest BCUT2D eigenvalue weighted by atomic mass is 16.5. The highest BCUT2D eigenvalue weighted by Gasteiger charge is 2.16. The lowest BCUT2D eigenvalue weighted by Crippen LogP contribution is -2.32. The molecule has 0 amide bonds. The number of carboxylic acid groups (broad SMARTS) is 1. The monoisotopic (exact) mass is 223 g/mol. The number of rotatable bonds is 4. The molecule has 0 spiro atoms. The average Bonchev–Trinajstić information content (AvgIpc) is 2.16. The van der Waals surface area contributed by atoms with Crippen LogP contribution in [0.15, 0.2) is 12.1 Å². The minimum atomic E-state index is -0.999. The van der Waals surface area contributed by atoms with Crippen LogP contribution in [0.1, 0.15) is 16.7 Å². The van der Waals surface area contributed by atoms with Crippen molar-refractivity contribution in [1.82, 2.24) is 0 Å². The van der Waals surface area contributed by atoms with E-state index < -0.39 is 12.0 Å². The minimum absolute atomic E-state index is 0.279. The summed E-state index contributed by atoms with van der Waals surface area (Å²) in [4.78, 5) is 10.7. The maximum Gasteiger partial charge on any atom is 0.320 e. The summed E-state index contributed by atoms with van der Waals surface area (Å²) in [5.74, 6) is -0.275. The van der Waals surface area contributed by atoms with Gasteiger partial charge in [0.15, 0.2) is 0 Å². The molecule has 0 fully saturated rings.